The van der Waals surface area contributed by atoms with Crippen molar-refractivity contribution in [2.75, 3.05) is 11.1 Å². The number of aromatic nitrogens is 2. The third-order valence-corrected chi connectivity index (χ3v) is 5.54. The molecular weight excluding hydrogens is 326 g/mol. The van der Waals surface area contributed by atoms with Gasteiger partial charge in [-0.3, -0.25) is 9.48 Å². The molecule has 2 rings (SSSR count). The zero-order valence-electron chi connectivity index (χ0n) is 14.2. The van der Waals surface area contributed by atoms with E-state index in [9.17, 15) is 13.2 Å². The van der Waals surface area contributed by atoms with E-state index >= 15 is 0 Å². The third kappa shape index (κ3) is 4.92. The maximum Gasteiger partial charge on any atom is 0.224 e. The number of anilines is 1. The van der Waals surface area contributed by atoms with Crippen LogP contribution in [0.25, 0.3) is 0 Å². The second kappa shape index (κ2) is 7.61. The van der Waals surface area contributed by atoms with Crippen LogP contribution in [0.5, 0.6) is 0 Å². The van der Waals surface area contributed by atoms with Gasteiger partial charge in [0.25, 0.3) is 0 Å². The molecule has 0 saturated carbocycles. The number of amides is 1. The van der Waals surface area contributed by atoms with E-state index in [4.69, 9.17) is 0 Å². The van der Waals surface area contributed by atoms with Crippen LogP contribution in [-0.4, -0.2) is 29.9 Å². The van der Waals surface area contributed by atoms with Gasteiger partial charge in [0.05, 0.1) is 17.2 Å². The van der Waals surface area contributed by atoms with E-state index in [0.717, 1.165) is 16.8 Å². The Kier molecular flexibility index (Phi) is 5.77. The van der Waals surface area contributed by atoms with Gasteiger partial charge in [-0.25, -0.2) is 8.42 Å². The van der Waals surface area contributed by atoms with Crippen molar-refractivity contribution in [2.45, 2.75) is 32.4 Å². The number of sulfone groups is 1. The van der Waals surface area contributed by atoms with Crippen molar-refractivity contribution >= 4 is 21.4 Å². The number of carbonyl (C=O) groups excluding carboxylic acids is 1. The van der Waals surface area contributed by atoms with Gasteiger partial charge in [0.1, 0.15) is 0 Å². The molecule has 130 valence electrons. The second-order valence-electron chi connectivity index (χ2n) is 5.96. The molecule has 0 fully saturated rings. The molecule has 0 atom stereocenters. The summed E-state index contributed by atoms with van der Waals surface area (Å²) in [6.45, 7) is 3.86. The smallest absolute Gasteiger partial charge is 0.224 e. The first-order valence-electron chi connectivity index (χ1n) is 7.82. The van der Waals surface area contributed by atoms with E-state index in [-0.39, 0.29) is 23.8 Å². The van der Waals surface area contributed by atoms with Gasteiger partial charge >= 0.3 is 0 Å². The molecule has 0 bridgehead atoms. The topological polar surface area (TPSA) is 81.1 Å². The normalized spacial score (nSPS) is 11.5. The summed E-state index contributed by atoms with van der Waals surface area (Å²) in [6.07, 6.45) is 2.05. The van der Waals surface area contributed by atoms with Crippen LogP contribution in [0, 0.1) is 13.8 Å². The zero-order chi connectivity index (χ0) is 17.7. The SMILES string of the molecule is Cc1cccc(C)c1NC(=O)CCCS(=O)(=O)Cc1ccnn1C. The minimum absolute atomic E-state index is 0.0155. The first-order chi connectivity index (χ1) is 11.3. The van der Waals surface area contributed by atoms with Gasteiger partial charge in [-0.15, -0.1) is 0 Å². The summed E-state index contributed by atoms with van der Waals surface area (Å²) in [5, 5.41) is 6.83. The number of aryl methyl sites for hydroxylation is 3. The van der Waals surface area contributed by atoms with E-state index in [1.165, 1.54) is 0 Å². The number of nitrogens with one attached hydrogen (secondary N) is 1. The Bertz CT molecular complexity index is 805. The molecule has 2 aromatic rings. The highest BCUT2D eigenvalue weighted by Gasteiger charge is 2.15. The molecule has 0 radical (unpaired) electrons. The molecule has 7 heteroatoms. The number of carbonyl (C=O) groups is 1. The molecule has 0 saturated heterocycles. The first kappa shape index (κ1) is 18.2. The van der Waals surface area contributed by atoms with Crippen molar-refractivity contribution in [3.05, 3.63) is 47.3 Å². The Hall–Kier alpha value is -2.15. The molecule has 1 N–H and O–H groups in total. The molecule has 6 nitrogen and oxygen atoms in total. The quantitative estimate of drug-likeness (QED) is 0.832. The number of para-hydroxylation sites is 1. The zero-order valence-corrected chi connectivity index (χ0v) is 15.1. The van der Waals surface area contributed by atoms with Crippen molar-refractivity contribution in [3.8, 4) is 0 Å². The summed E-state index contributed by atoms with van der Waals surface area (Å²) in [5.74, 6) is -0.233. The first-order valence-corrected chi connectivity index (χ1v) is 9.64. The fourth-order valence-corrected chi connectivity index (χ4v) is 3.97. The van der Waals surface area contributed by atoms with Crippen molar-refractivity contribution in [2.24, 2.45) is 7.05 Å². The molecular formula is C17H23N3O3S. The monoisotopic (exact) mass is 349 g/mol. The van der Waals surface area contributed by atoms with Gasteiger partial charge in [0, 0.05) is 25.4 Å². The fraction of sp³-hybridized carbons (Fsp3) is 0.412. The molecule has 0 aliphatic heterocycles. The molecule has 0 unspecified atom stereocenters. The summed E-state index contributed by atoms with van der Waals surface area (Å²) >= 11 is 0. The number of rotatable bonds is 7. The predicted molar refractivity (Wildman–Crippen MR) is 94.5 cm³/mol. The van der Waals surface area contributed by atoms with Gasteiger partial charge < -0.3 is 5.32 Å². The minimum atomic E-state index is -3.25. The summed E-state index contributed by atoms with van der Waals surface area (Å²) in [6, 6.07) is 7.48. The average molecular weight is 349 g/mol. The lowest BCUT2D eigenvalue weighted by Gasteiger charge is -2.11. The van der Waals surface area contributed by atoms with Crippen LogP contribution in [0.3, 0.4) is 0 Å². The van der Waals surface area contributed by atoms with E-state index in [1.807, 2.05) is 32.0 Å². The third-order valence-electron chi connectivity index (χ3n) is 3.89. The average Bonchev–Trinajstić information content (AvgIpc) is 2.87. The van der Waals surface area contributed by atoms with Crippen molar-refractivity contribution in [1.82, 2.24) is 9.78 Å². The number of hydrogen-bond donors (Lipinski definition) is 1. The highest BCUT2D eigenvalue weighted by atomic mass is 32.2. The van der Waals surface area contributed by atoms with Crippen LogP contribution >= 0.6 is 0 Å². The second-order valence-corrected chi connectivity index (χ2v) is 8.14. The predicted octanol–water partition coefficient (Wildman–Crippen LogP) is 2.37. The molecule has 1 heterocycles. The highest BCUT2D eigenvalue weighted by molar-refractivity contribution is 7.90. The van der Waals surface area contributed by atoms with Crippen LogP contribution < -0.4 is 5.32 Å². The molecule has 1 aromatic heterocycles. The lowest BCUT2D eigenvalue weighted by Crippen LogP contribution is -2.17. The molecule has 0 spiro atoms. The maximum atomic E-state index is 12.1. The van der Waals surface area contributed by atoms with Crippen molar-refractivity contribution < 1.29 is 13.2 Å². The van der Waals surface area contributed by atoms with Crippen LogP contribution in [0.4, 0.5) is 5.69 Å². The van der Waals surface area contributed by atoms with Crippen LogP contribution in [-0.2, 0) is 27.4 Å². The molecule has 0 aliphatic rings. The number of benzene rings is 1. The summed E-state index contributed by atoms with van der Waals surface area (Å²) in [4.78, 5) is 12.1. The van der Waals surface area contributed by atoms with Gasteiger partial charge in [0.15, 0.2) is 9.84 Å². The lowest BCUT2D eigenvalue weighted by atomic mass is 10.1. The molecule has 1 aromatic carbocycles. The van der Waals surface area contributed by atoms with E-state index in [1.54, 1.807) is 24.0 Å². The Labute approximate surface area is 142 Å². The minimum Gasteiger partial charge on any atom is -0.326 e. The fourth-order valence-electron chi connectivity index (χ4n) is 2.51. The number of hydrogen-bond acceptors (Lipinski definition) is 4. The van der Waals surface area contributed by atoms with Gasteiger partial charge in [-0.2, -0.15) is 5.10 Å². The highest BCUT2D eigenvalue weighted by Crippen LogP contribution is 2.19. The van der Waals surface area contributed by atoms with Crippen LogP contribution in [0.2, 0.25) is 0 Å². The molecule has 1 amide bonds. The van der Waals surface area contributed by atoms with Gasteiger partial charge in [0.2, 0.25) is 5.91 Å². The maximum absolute atomic E-state index is 12.1. The van der Waals surface area contributed by atoms with Crippen molar-refractivity contribution in [1.29, 1.82) is 0 Å². The van der Waals surface area contributed by atoms with Gasteiger partial charge in [-0.05, 0) is 37.5 Å². The standard InChI is InChI=1S/C17H23N3O3S/c1-13-6-4-7-14(2)17(13)19-16(21)8-5-11-24(22,23)12-15-9-10-18-20(15)3/h4,6-7,9-10H,5,8,11-12H2,1-3H3,(H,19,21). The van der Waals surface area contributed by atoms with Gasteiger partial charge in [-0.1, -0.05) is 18.2 Å². The summed E-state index contributed by atoms with van der Waals surface area (Å²) in [7, 11) is -1.54. The Balaban J connectivity index is 1.85. The van der Waals surface area contributed by atoms with E-state index in [0.29, 0.717) is 12.1 Å². The Morgan fingerprint density at radius 1 is 1.21 bits per heavy atom. The molecule has 0 aliphatic carbocycles. The van der Waals surface area contributed by atoms with Crippen LogP contribution in [0.1, 0.15) is 29.7 Å². The molecule has 24 heavy (non-hydrogen) atoms. The largest absolute Gasteiger partial charge is 0.326 e. The summed E-state index contributed by atoms with van der Waals surface area (Å²) < 4.78 is 25.8. The van der Waals surface area contributed by atoms with E-state index in [2.05, 4.69) is 10.4 Å². The van der Waals surface area contributed by atoms with E-state index < -0.39 is 9.84 Å². The Morgan fingerprint density at radius 2 is 1.88 bits per heavy atom. The van der Waals surface area contributed by atoms with Crippen molar-refractivity contribution in [3.63, 3.8) is 0 Å². The van der Waals surface area contributed by atoms with Crippen LogP contribution in [0.15, 0.2) is 30.5 Å². The Morgan fingerprint density at radius 3 is 2.46 bits per heavy atom. The number of nitrogens with zero attached hydrogens (tertiary/aromatic N) is 2. The summed E-state index contributed by atoms with van der Waals surface area (Å²) in [5.41, 5.74) is 3.44. The lowest BCUT2D eigenvalue weighted by molar-refractivity contribution is -0.116.